The Balaban J connectivity index is 2.30. The molecule has 7 nitrogen and oxygen atoms in total. The summed E-state index contributed by atoms with van der Waals surface area (Å²) < 4.78 is 16.6. The first-order valence-corrected chi connectivity index (χ1v) is 7.67. The molecular weight excluding hydrogens is 324 g/mol. The number of nitrogens with zero attached hydrogens (tertiary/aromatic N) is 1. The van der Waals surface area contributed by atoms with Gasteiger partial charge in [0, 0.05) is 11.6 Å². The van der Waals surface area contributed by atoms with Crippen molar-refractivity contribution in [3.63, 3.8) is 0 Å². The van der Waals surface area contributed by atoms with Gasteiger partial charge in [-0.3, -0.25) is 4.79 Å². The van der Waals surface area contributed by atoms with Gasteiger partial charge in [0.25, 0.3) is 0 Å². The average molecular weight is 340 g/mol. The van der Waals surface area contributed by atoms with Gasteiger partial charge in [-0.1, -0.05) is 18.2 Å². The number of rotatable bonds is 4. The number of hydrogen-bond donors (Lipinski definition) is 2. The Labute approximate surface area is 143 Å². The first kappa shape index (κ1) is 16.6. The van der Waals surface area contributed by atoms with Gasteiger partial charge in [-0.05, 0) is 13.0 Å². The summed E-state index contributed by atoms with van der Waals surface area (Å²) >= 11 is 0. The Morgan fingerprint density at radius 1 is 1.40 bits per heavy atom. The lowest BCUT2D eigenvalue weighted by molar-refractivity contribution is 0.231. The molecule has 1 aromatic heterocycles. The van der Waals surface area contributed by atoms with Gasteiger partial charge in [0.15, 0.2) is 5.76 Å². The van der Waals surface area contributed by atoms with Crippen molar-refractivity contribution in [3.8, 4) is 17.6 Å². The first-order chi connectivity index (χ1) is 12.1. The Bertz CT molecular complexity index is 939. The number of benzene rings is 1. The van der Waals surface area contributed by atoms with Crippen LogP contribution in [0.4, 0.5) is 0 Å². The van der Waals surface area contributed by atoms with Crippen molar-refractivity contribution < 1.29 is 19.0 Å². The maximum atomic E-state index is 12.3. The molecule has 0 saturated heterocycles. The van der Waals surface area contributed by atoms with E-state index in [0.717, 1.165) is 6.07 Å². The molecule has 1 atom stereocenters. The van der Waals surface area contributed by atoms with Gasteiger partial charge in [-0.2, -0.15) is 5.26 Å². The van der Waals surface area contributed by atoms with Gasteiger partial charge in [-0.15, -0.1) is 0 Å². The zero-order chi connectivity index (χ0) is 18.0. The van der Waals surface area contributed by atoms with Crippen LogP contribution in [0.3, 0.4) is 0 Å². The van der Waals surface area contributed by atoms with Crippen molar-refractivity contribution in [1.29, 1.82) is 5.26 Å². The smallest absolute Gasteiger partial charge is 0.228 e. The molecule has 0 saturated carbocycles. The summed E-state index contributed by atoms with van der Waals surface area (Å²) in [5, 5.41) is 18.9. The van der Waals surface area contributed by atoms with Gasteiger partial charge in [0.2, 0.25) is 17.1 Å². The van der Waals surface area contributed by atoms with E-state index in [0.29, 0.717) is 17.9 Å². The molecule has 128 valence electrons. The van der Waals surface area contributed by atoms with Crippen LogP contribution in [0.5, 0.6) is 11.5 Å². The molecule has 1 aliphatic rings. The molecule has 0 aliphatic carbocycles. The predicted molar refractivity (Wildman–Crippen MR) is 87.8 cm³/mol. The number of nitrogens with two attached hydrogens (primary N) is 1. The van der Waals surface area contributed by atoms with Gasteiger partial charge < -0.3 is 24.7 Å². The number of hydrogen-bond acceptors (Lipinski definition) is 7. The van der Waals surface area contributed by atoms with Crippen molar-refractivity contribution in [2.24, 2.45) is 5.73 Å². The quantitative estimate of drug-likeness (QED) is 0.870. The van der Waals surface area contributed by atoms with Crippen molar-refractivity contribution >= 4 is 0 Å². The maximum absolute atomic E-state index is 12.3. The zero-order valence-corrected chi connectivity index (χ0v) is 13.5. The molecule has 0 amide bonds. The number of nitriles is 1. The van der Waals surface area contributed by atoms with E-state index in [1.165, 1.54) is 0 Å². The van der Waals surface area contributed by atoms with Crippen LogP contribution < -0.4 is 20.6 Å². The monoisotopic (exact) mass is 340 g/mol. The fourth-order valence-electron chi connectivity index (χ4n) is 2.78. The highest BCUT2D eigenvalue weighted by Gasteiger charge is 2.36. The summed E-state index contributed by atoms with van der Waals surface area (Å²) in [6.45, 7) is 1.81. The molecule has 1 aromatic carbocycles. The van der Waals surface area contributed by atoms with Crippen LogP contribution in [0, 0.1) is 11.3 Å². The highest BCUT2D eigenvalue weighted by atomic mass is 16.5. The van der Waals surface area contributed by atoms with Gasteiger partial charge >= 0.3 is 0 Å². The predicted octanol–water partition coefficient (Wildman–Crippen LogP) is 1.75. The molecular formula is C18H16N2O5. The average Bonchev–Trinajstić information content (AvgIpc) is 2.62. The van der Waals surface area contributed by atoms with Gasteiger partial charge in [-0.25, -0.2) is 0 Å². The number of aliphatic hydroxyl groups is 1. The summed E-state index contributed by atoms with van der Waals surface area (Å²) in [7, 11) is 0. The van der Waals surface area contributed by atoms with Crippen LogP contribution >= 0.6 is 0 Å². The lowest BCUT2D eigenvalue weighted by Crippen LogP contribution is -2.25. The fraction of sp³-hybridized carbons (Fsp3) is 0.222. The third kappa shape index (κ3) is 2.84. The number of ether oxygens (including phenoxy) is 2. The molecule has 7 heteroatoms. The SMILES string of the molecule is CCOc1ccccc1[C@H]1C(C#N)=C(N)Oc2c1oc(CO)cc2=O. The van der Waals surface area contributed by atoms with E-state index >= 15 is 0 Å². The normalized spacial score (nSPS) is 16.0. The largest absolute Gasteiger partial charge is 0.494 e. The van der Waals surface area contributed by atoms with E-state index in [-0.39, 0.29) is 28.7 Å². The van der Waals surface area contributed by atoms with Crippen molar-refractivity contribution in [3.05, 3.63) is 69.1 Å². The number of fused-ring (bicyclic) bond motifs is 1. The molecule has 0 bridgehead atoms. The Morgan fingerprint density at radius 2 is 2.16 bits per heavy atom. The molecule has 0 fully saturated rings. The van der Waals surface area contributed by atoms with Crippen molar-refractivity contribution in [1.82, 2.24) is 0 Å². The second-order valence-corrected chi connectivity index (χ2v) is 5.32. The molecule has 2 aromatic rings. The molecule has 0 spiro atoms. The number of aliphatic hydroxyl groups excluding tert-OH is 1. The minimum Gasteiger partial charge on any atom is -0.494 e. The van der Waals surface area contributed by atoms with Gasteiger partial charge in [0.1, 0.15) is 29.8 Å². The topological polar surface area (TPSA) is 119 Å². The first-order valence-electron chi connectivity index (χ1n) is 7.67. The minimum absolute atomic E-state index is 0.0732. The second-order valence-electron chi connectivity index (χ2n) is 5.32. The van der Waals surface area contributed by atoms with E-state index in [1.54, 1.807) is 24.3 Å². The van der Waals surface area contributed by atoms with Crippen LogP contribution in [0.1, 0.15) is 29.9 Å². The van der Waals surface area contributed by atoms with Crippen LogP contribution in [0.15, 0.2) is 51.0 Å². The molecule has 2 heterocycles. The molecule has 0 radical (unpaired) electrons. The third-order valence-electron chi connectivity index (χ3n) is 3.82. The maximum Gasteiger partial charge on any atom is 0.228 e. The zero-order valence-electron chi connectivity index (χ0n) is 13.5. The lowest BCUT2D eigenvalue weighted by Gasteiger charge is -2.26. The number of allylic oxidation sites excluding steroid dienone is 1. The summed E-state index contributed by atoms with van der Waals surface area (Å²) in [6, 6.07) is 10.3. The summed E-state index contributed by atoms with van der Waals surface area (Å²) in [5.41, 5.74) is 6.10. The van der Waals surface area contributed by atoms with Crippen molar-refractivity contribution in [2.45, 2.75) is 19.4 Å². The highest BCUT2D eigenvalue weighted by Crippen LogP contribution is 2.43. The van der Waals surface area contributed by atoms with Crippen LogP contribution in [-0.2, 0) is 6.61 Å². The highest BCUT2D eigenvalue weighted by molar-refractivity contribution is 5.55. The second kappa shape index (κ2) is 6.71. The van der Waals surface area contributed by atoms with E-state index in [9.17, 15) is 15.2 Å². The fourth-order valence-corrected chi connectivity index (χ4v) is 2.78. The summed E-state index contributed by atoms with van der Waals surface area (Å²) in [4.78, 5) is 12.3. The molecule has 1 aliphatic heterocycles. The third-order valence-corrected chi connectivity index (χ3v) is 3.82. The van der Waals surface area contributed by atoms with Crippen molar-refractivity contribution in [2.75, 3.05) is 6.61 Å². The molecule has 3 rings (SSSR count). The standard InChI is InChI=1S/C18H16N2O5/c1-2-23-14-6-4-3-5-11(14)15-12(8-19)18(20)25-16-13(22)7-10(9-21)24-17(15)16/h3-7,15,21H,2,9,20H2,1H3/t15-/m0/s1. The van der Waals surface area contributed by atoms with Crippen LogP contribution in [0.25, 0.3) is 0 Å². The molecule has 3 N–H and O–H groups in total. The lowest BCUT2D eigenvalue weighted by atomic mass is 9.87. The molecule has 25 heavy (non-hydrogen) atoms. The van der Waals surface area contributed by atoms with Crippen LogP contribution in [0.2, 0.25) is 0 Å². The van der Waals surface area contributed by atoms with E-state index in [4.69, 9.17) is 19.6 Å². The Hall–Kier alpha value is -3.24. The van der Waals surface area contributed by atoms with E-state index in [1.807, 2.05) is 13.0 Å². The van der Waals surface area contributed by atoms with E-state index < -0.39 is 18.0 Å². The molecule has 0 unspecified atom stereocenters. The minimum atomic E-state index is -0.768. The van der Waals surface area contributed by atoms with Gasteiger partial charge in [0.05, 0.1) is 12.5 Å². The van der Waals surface area contributed by atoms with E-state index in [2.05, 4.69) is 0 Å². The summed E-state index contributed by atoms with van der Waals surface area (Å²) in [5.74, 6) is -0.282. The number of para-hydroxylation sites is 1. The summed E-state index contributed by atoms with van der Waals surface area (Å²) in [6.07, 6.45) is 0. The Morgan fingerprint density at radius 3 is 2.84 bits per heavy atom. The van der Waals surface area contributed by atoms with Crippen LogP contribution in [-0.4, -0.2) is 11.7 Å². The Kier molecular flexibility index (Phi) is 4.46.